The molecule has 3 aromatic carbocycles. The van der Waals surface area contributed by atoms with Crippen molar-refractivity contribution in [3.8, 4) is 5.75 Å². The number of rotatable bonds is 11. The molecule has 6 rings (SSSR count). The summed E-state index contributed by atoms with van der Waals surface area (Å²) in [6, 6.07) is 26.3. The monoisotopic (exact) mass is 697 g/mol. The number of allylic oxidation sites excluding steroid dienone is 1. The van der Waals surface area contributed by atoms with Crippen molar-refractivity contribution in [2.45, 2.75) is 70.9 Å². The predicted octanol–water partition coefficient (Wildman–Crippen LogP) is 7.53. The lowest BCUT2D eigenvalue weighted by Gasteiger charge is -2.44. The molecule has 2 amide bonds. The number of likely N-dealkylation sites (tertiary alicyclic amines) is 1. The Bertz CT molecular complexity index is 1710. The fourth-order valence-electron chi connectivity index (χ4n) is 8.48. The van der Waals surface area contributed by atoms with Crippen LogP contribution in [0.1, 0.15) is 65.4 Å². The van der Waals surface area contributed by atoms with Crippen LogP contribution in [0.2, 0.25) is 10.1 Å². The number of phenols is 1. The van der Waals surface area contributed by atoms with Crippen LogP contribution in [0.4, 0.5) is 0 Å². The first-order chi connectivity index (χ1) is 23.5. The number of hydrogen-bond acceptors (Lipinski definition) is 5. The maximum atomic E-state index is 13.5. The van der Waals surface area contributed by atoms with Crippen molar-refractivity contribution in [2.75, 3.05) is 20.3 Å². The molecule has 1 aliphatic carbocycles. The number of ether oxygens (including phenoxy) is 1. The normalized spacial score (nSPS) is 22.9. The van der Waals surface area contributed by atoms with E-state index in [2.05, 4.69) is 82.3 Å². The molecule has 0 bridgehead atoms. The lowest BCUT2D eigenvalue weighted by atomic mass is 9.69. The van der Waals surface area contributed by atoms with Gasteiger partial charge >= 0.3 is 0 Å². The number of aromatic hydroxyl groups is 1. The van der Waals surface area contributed by atoms with E-state index in [4.69, 9.17) is 20.8 Å². The number of benzene rings is 3. The van der Waals surface area contributed by atoms with Crippen molar-refractivity contribution >= 4 is 48.2 Å². The van der Waals surface area contributed by atoms with Gasteiger partial charge in [0.1, 0.15) is 5.75 Å². The molecule has 2 fully saturated rings. The van der Waals surface area contributed by atoms with Crippen molar-refractivity contribution in [3.05, 3.63) is 106 Å². The van der Waals surface area contributed by atoms with Crippen LogP contribution in [0.15, 0.2) is 95.6 Å². The van der Waals surface area contributed by atoms with E-state index in [-0.39, 0.29) is 34.6 Å². The van der Waals surface area contributed by atoms with Gasteiger partial charge < -0.3 is 14.3 Å². The zero-order valence-electron chi connectivity index (χ0n) is 29.2. The summed E-state index contributed by atoms with van der Waals surface area (Å²) in [5.74, 6) is -0.977. The second-order valence-electron chi connectivity index (χ2n) is 14.8. The van der Waals surface area contributed by atoms with Crippen LogP contribution in [-0.2, 0) is 18.8 Å². The fourth-order valence-corrected chi connectivity index (χ4v) is 13.3. The minimum atomic E-state index is -2.85. The van der Waals surface area contributed by atoms with E-state index in [1.165, 1.54) is 20.8 Å². The number of hydrogen-bond donors (Lipinski definition) is 1. The summed E-state index contributed by atoms with van der Waals surface area (Å²) in [5.41, 5.74) is 4.41. The van der Waals surface area contributed by atoms with Crippen molar-refractivity contribution in [1.29, 1.82) is 0 Å². The molecule has 0 radical (unpaired) electrons. The molecule has 258 valence electrons. The second-order valence-corrected chi connectivity index (χ2v) is 19.5. The number of carbonyl (C=O) groups excluding carboxylic acids is 2. The Kier molecular flexibility index (Phi) is 10.4. The lowest BCUT2D eigenvalue weighted by molar-refractivity contribution is -0.138. The second kappa shape index (κ2) is 14.4. The first-order valence-corrected chi connectivity index (χ1v) is 19.8. The highest BCUT2D eigenvalue weighted by Gasteiger charge is 2.57. The minimum Gasteiger partial charge on any atom is -0.508 e. The molecule has 0 aromatic heterocycles. The Labute approximate surface area is 296 Å². The topological polar surface area (TPSA) is 76.1 Å². The molecule has 2 saturated heterocycles. The van der Waals surface area contributed by atoms with Crippen LogP contribution in [0.5, 0.6) is 5.75 Å². The number of imide groups is 1. The van der Waals surface area contributed by atoms with Crippen LogP contribution >= 0.6 is 11.6 Å². The lowest BCUT2D eigenvalue weighted by Crippen LogP contribution is -2.66. The van der Waals surface area contributed by atoms with Gasteiger partial charge in [0.25, 0.3) is 8.32 Å². The van der Waals surface area contributed by atoms with Gasteiger partial charge in [-0.05, 0) is 76.0 Å². The zero-order chi connectivity index (χ0) is 34.9. The summed E-state index contributed by atoms with van der Waals surface area (Å²) >= 11 is 6.48. The number of phenolic OH excluding ortho intramolecular Hbond substituents is 1. The molecule has 1 N–H and O–H groups in total. The highest BCUT2D eigenvalue weighted by molar-refractivity contribution is 6.99. The molecular weight excluding hydrogens is 650 g/mol. The molecule has 3 aromatic rings. The van der Waals surface area contributed by atoms with Gasteiger partial charge in [-0.15, -0.1) is 0 Å². The molecule has 4 atom stereocenters. The van der Waals surface area contributed by atoms with Crippen molar-refractivity contribution in [1.82, 2.24) is 4.90 Å². The summed E-state index contributed by atoms with van der Waals surface area (Å²) in [6.45, 7) is 9.79. The van der Waals surface area contributed by atoms with Gasteiger partial charge in [-0.2, -0.15) is 0 Å². The Morgan fingerprint density at radius 3 is 2.22 bits per heavy atom. The maximum Gasteiger partial charge on any atom is 0.261 e. The molecule has 2 heterocycles. The summed E-state index contributed by atoms with van der Waals surface area (Å²) < 4.78 is 14.0. The first kappa shape index (κ1) is 35.3. The maximum absolute atomic E-state index is 13.5. The van der Waals surface area contributed by atoms with E-state index < -0.39 is 20.2 Å². The van der Waals surface area contributed by atoms with Crippen LogP contribution in [-0.4, -0.2) is 56.5 Å². The number of carbonyl (C=O) groups is 2. The quantitative estimate of drug-likeness (QED) is 0.127. The van der Waals surface area contributed by atoms with Gasteiger partial charge in [-0.3, -0.25) is 14.5 Å². The Balaban J connectivity index is 1.38. The summed E-state index contributed by atoms with van der Waals surface area (Å²) in [6.07, 6.45) is 5.92. The van der Waals surface area contributed by atoms with Gasteiger partial charge in [0, 0.05) is 13.0 Å². The number of halogens is 1. The minimum absolute atomic E-state index is 0.0951. The SMILES string of the molecule is CCC/C(=C\c1ccc(O)cc1Cl)CC[C@H]1OC[C@H]2C1=C(CO[Si](c1ccccc1)(c1ccccc1)C(C)(C)C)C[C@H]1C(=O)N(C)C(=O)[C@H]12. The van der Waals surface area contributed by atoms with Gasteiger partial charge in [-0.25, -0.2) is 0 Å². The molecule has 6 nitrogen and oxygen atoms in total. The highest BCUT2D eigenvalue weighted by Crippen LogP contribution is 2.50. The Morgan fingerprint density at radius 1 is 0.980 bits per heavy atom. The third-order valence-electron chi connectivity index (χ3n) is 10.8. The largest absolute Gasteiger partial charge is 0.508 e. The van der Waals surface area contributed by atoms with Gasteiger partial charge in [-0.1, -0.05) is 118 Å². The van der Waals surface area contributed by atoms with E-state index in [1.807, 2.05) is 18.2 Å². The summed E-state index contributed by atoms with van der Waals surface area (Å²) in [4.78, 5) is 28.3. The molecule has 49 heavy (non-hydrogen) atoms. The fraction of sp³-hybridized carbons (Fsp3) is 0.415. The molecule has 0 unspecified atom stereocenters. The van der Waals surface area contributed by atoms with Gasteiger partial charge in [0.05, 0.1) is 36.2 Å². The first-order valence-electron chi connectivity index (χ1n) is 17.5. The summed E-state index contributed by atoms with van der Waals surface area (Å²) in [5, 5.41) is 12.6. The highest BCUT2D eigenvalue weighted by atomic mass is 35.5. The summed E-state index contributed by atoms with van der Waals surface area (Å²) in [7, 11) is -1.24. The molecule has 8 heteroatoms. The van der Waals surface area contributed by atoms with E-state index in [9.17, 15) is 14.7 Å². The average molecular weight is 698 g/mol. The molecule has 0 saturated carbocycles. The smallest absolute Gasteiger partial charge is 0.261 e. The van der Waals surface area contributed by atoms with E-state index >= 15 is 0 Å². The Morgan fingerprint density at radius 2 is 1.63 bits per heavy atom. The van der Waals surface area contributed by atoms with Crippen LogP contribution in [0, 0.1) is 17.8 Å². The van der Waals surface area contributed by atoms with E-state index in [1.54, 1.807) is 19.2 Å². The molecule has 2 aliphatic heterocycles. The molecule has 0 spiro atoms. The average Bonchev–Trinajstić information content (AvgIpc) is 3.60. The van der Waals surface area contributed by atoms with E-state index in [0.717, 1.165) is 42.4 Å². The van der Waals surface area contributed by atoms with Crippen LogP contribution < -0.4 is 10.4 Å². The number of amides is 2. The van der Waals surface area contributed by atoms with Crippen molar-refractivity contribution in [2.24, 2.45) is 17.8 Å². The van der Waals surface area contributed by atoms with Crippen molar-refractivity contribution < 1.29 is 23.9 Å². The zero-order valence-corrected chi connectivity index (χ0v) is 31.0. The molecular formula is C41H48ClNO5Si. The number of nitrogens with zero attached hydrogens (tertiary/aromatic N) is 1. The van der Waals surface area contributed by atoms with Gasteiger partial charge in [0.2, 0.25) is 11.8 Å². The predicted molar refractivity (Wildman–Crippen MR) is 198 cm³/mol. The van der Waals surface area contributed by atoms with Gasteiger partial charge in [0.15, 0.2) is 0 Å². The van der Waals surface area contributed by atoms with Crippen LogP contribution in [0.25, 0.3) is 6.08 Å². The van der Waals surface area contributed by atoms with E-state index in [0.29, 0.717) is 24.7 Å². The van der Waals surface area contributed by atoms with Crippen molar-refractivity contribution in [3.63, 3.8) is 0 Å². The number of fused-ring (bicyclic) bond motifs is 3. The van der Waals surface area contributed by atoms with Crippen LogP contribution in [0.3, 0.4) is 0 Å². The standard InChI is InChI=1S/C41H48ClNO5Si/c1-6-13-27(22-28-19-20-30(44)24-35(28)42)18-21-36-37-29(23-33-38(34(37)26-47-36)40(46)43(5)39(33)45)25-48-49(41(2,3)4,31-14-9-7-10-15-31)32-16-11-8-12-17-32/h7-12,14-17,19-20,22,24,33-34,36,38,44H,6,13,18,21,23,25-26H2,1-5H3/b27-22+/t33-,34+,36-,38-/m1/s1. The third-order valence-corrected chi connectivity index (χ3v) is 16.1. The molecule has 3 aliphatic rings. The Hall–Kier alpha value is -3.49. The third kappa shape index (κ3) is 6.71.